The molecule has 1 aromatic heterocycles. The van der Waals surface area contributed by atoms with Gasteiger partial charge in [-0.2, -0.15) is 0 Å². The lowest BCUT2D eigenvalue weighted by Gasteiger charge is -2.15. The molecule has 1 fully saturated rings. The van der Waals surface area contributed by atoms with Gasteiger partial charge in [-0.15, -0.1) is 0 Å². The monoisotopic (exact) mass is 430 g/mol. The Bertz CT molecular complexity index is 1240. The molecule has 2 amide bonds. The van der Waals surface area contributed by atoms with Crippen LogP contribution in [0.15, 0.2) is 64.6 Å². The van der Waals surface area contributed by atoms with Gasteiger partial charge in [0.25, 0.3) is 11.8 Å². The number of esters is 1. The summed E-state index contributed by atoms with van der Waals surface area (Å²) in [5.74, 6) is -0.415. The van der Waals surface area contributed by atoms with Gasteiger partial charge in [0.1, 0.15) is 17.1 Å². The second-order valence-corrected chi connectivity index (χ2v) is 7.41. The van der Waals surface area contributed by atoms with Crippen LogP contribution in [0.25, 0.3) is 17.4 Å². The van der Waals surface area contributed by atoms with Gasteiger partial charge in [-0.25, -0.2) is 9.80 Å². The van der Waals surface area contributed by atoms with Gasteiger partial charge in [0.2, 0.25) is 0 Å². The number of aryl methyl sites for hydroxylation is 2. The van der Waals surface area contributed by atoms with E-state index in [1.165, 1.54) is 11.1 Å². The Kier molecular flexibility index (Phi) is 5.64. The molecule has 7 nitrogen and oxygen atoms in total. The van der Waals surface area contributed by atoms with Crippen LogP contribution < -0.4 is 10.4 Å². The molecule has 1 N–H and O–H groups in total. The van der Waals surface area contributed by atoms with E-state index in [0.717, 1.165) is 16.7 Å². The quantitative estimate of drug-likeness (QED) is 0.372. The van der Waals surface area contributed by atoms with Crippen molar-refractivity contribution in [3.63, 3.8) is 0 Å². The highest BCUT2D eigenvalue weighted by Gasteiger charge is 2.34. The number of furan rings is 1. The van der Waals surface area contributed by atoms with Crippen LogP contribution in [-0.4, -0.2) is 24.4 Å². The number of benzene rings is 2. The standard InChI is InChI=1S/C25H22N2O5/c1-4-31-25(30)18-8-6-17(7-9-18)22-12-11-20(32-22)14-21-23(28)26-27(24(21)29)19-10-5-15(2)16(3)13-19/h5-14H,4H2,1-3H3,(H,26,28)/b21-14-. The SMILES string of the molecule is CCOC(=O)c1ccc(-c2ccc(/C=C3/C(=O)NN(c4ccc(C)c(C)c4)C3=O)o2)cc1. The molecule has 3 aromatic rings. The number of carbonyl (C=O) groups is 3. The summed E-state index contributed by atoms with van der Waals surface area (Å²) in [4.78, 5) is 37.1. The molecular weight excluding hydrogens is 408 g/mol. The zero-order chi connectivity index (χ0) is 22.8. The van der Waals surface area contributed by atoms with Crippen LogP contribution in [0.4, 0.5) is 5.69 Å². The Morgan fingerprint density at radius 1 is 1.03 bits per heavy atom. The average molecular weight is 430 g/mol. The fourth-order valence-corrected chi connectivity index (χ4v) is 3.32. The molecule has 1 aliphatic heterocycles. The van der Waals surface area contributed by atoms with Crippen LogP contribution in [0.1, 0.15) is 34.2 Å². The molecule has 4 rings (SSSR count). The highest BCUT2D eigenvalue weighted by molar-refractivity contribution is 6.31. The zero-order valence-electron chi connectivity index (χ0n) is 18.0. The fourth-order valence-electron chi connectivity index (χ4n) is 3.32. The lowest BCUT2D eigenvalue weighted by atomic mass is 10.1. The van der Waals surface area contributed by atoms with Crippen molar-refractivity contribution in [2.24, 2.45) is 0 Å². The first-order valence-electron chi connectivity index (χ1n) is 10.2. The molecule has 0 aliphatic carbocycles. The van der Waals surface area contributed by atoms with E-state index >= 15 is 0 Å². The summed E-state index contributed by atoms with van der Waals surface area (Å²) in [6.07, 6.45) is 1.43. The lowest BCUT2D eigenvalue weighted by molar-refractivity contribution is -0.117. The Hall–Kier alpha value is -4.13. The van der Waals surface area contributed by atoms with E-state index in [4.69, 9.17) is 9.15 Å². The molecule has 2 aromatic carbocycles. The first-order chi connectivity index (χ1) is 15.4. The minimum Gasteiger partial charge on any atom is -0.462 e. The van der Waals surface area contributed by atoms with Crippen molar-refractivity contribution in [1.82, 2.24) is 5.43 Å². The Balaban J connectivity index is 1.55. The zero-order valence-corrected chi connectivity index (χ0v) is 18.0. The van der Waals surface area contributed by atoms with Gasteiger partial charge in [0, 0.05) is 5.56 Å². The van der Waals surface area contributed by atoms with E-state index in [2.05, 4.69) is 5.43 Å². The van der Waals surface area contributed by atoms with Crippen molar-refractivity contribution in [2.75, 3.05) is 11.6 Å². The molecule has 0 unspecified atom stereocenters. The number of ether oxygens (including phenoxy) is 1. The molecule has 2 heterocycles. The Morgan fingerprint density at radius 2 is 1.78 bits per heavy atom. The number of hydrogen-bond donors (Lipinski definition) is 1. The third-order valence-corrected chi connectivity index (χ3v) is 5.23. The molecule has 1 aliphatic rings. The number of nitrogens with one attached hydrogen (secondary N) is 1. The maximum atomic E-state index is 12.8. The number of rotatable bonds is 5. The van der Waals surface area contributed by atoms with E-state index in [1.807, 2.05) is 26.0 Å². The number of nitrogens with zero attached hydrogens (tertiary/aromatic N) is 1. The fraction of sp³-hybridized carbons (Fsp3) is 0.160. The van der Waals surface area contributed by atoms with Crippen molar-refractivity contribution in [1.29, 1.82) is 0 Å². The van der Waals surface area contributed by atoms with Crippen LogP contribution in [-0.2, 0) is 14.3 Å². The van der Waals surface area contributed by atoms with Crippen LogP contribution in [0, 0.1) is 13.8 Å². The number of amides is 2. The molecule has 7 heteroatoms. The molecule has 0 spiro atoms. The van der Waals surface area contributed by atoms with E-state index in [0.29, 0.717) is 29.4 Å². The van der Waals surface area contributed by atoms with Crippen LogP contribution in [0.3, 0.4) is 0 Å². The highest BCUT2D eigenvalue weighted by Crippen LogP contribution is 2.27. The van der Waals surface area contributed by atoms with Crippen LogP contribution in [0.5, 0.6) is 0 Å². The maximum Gasteiger partial charge on any atom is 0.338 e. The lowest BCUT2D eigenvalue weighted by Crippen LogP contribution is -2.35. The molecular formula is C25H22N2O5. The van der Waals surface area contributed by atoms with Crippen molar-refractivity contribution in [2.45, 2.75) is 20.8 Å². The number of anilines is 1. The summed E-state index contributed by atoms with van der Waals surface area (Å²) in [6, 6.07) is 15.8. The molecule has 0 bridgehead atoms. The molecule has 0 radical (unpaired) electrons. The summed E-state index contributed by atoms with van der Waals surface area (Å²) >= 11 is 0. The van der Waals surface area contributed by atoms with Crippen molar-refractivity contribution in [3.8, 4) is 11.3 Å². The minimum atomic E-state index is -0.495. The number of carbonyl (C=O) groups excluding carboxylic acids is 3. The largest absolute Gasteiger partial charge is 0.462 e. The first kappa shape index (κ1) is 21.1. The number of hydrogen-bond acceptors (Lipinski definition) is 5. The van der Waals surface area contributed by atoms with Crippen LogP contribution in [0.2, 0.25) is 0 Å². The summed E-state index contributed by atoms with van der Waals surface area (Å²) in [7, 11) is 0. The van der Waals surface area contributed by atoms with Gasteiger partial charge in [-0.1, -0.05) is 18.2 Å². The predicted octanol–water partition coefficient (Wildman–Crippen LogP) is 4.20. The second kappa shape index (κ2) is 8.55. The predicted molar refractivity (Wildman–Crippen MR) is 120 cm³/mol. The summed E-state index contributed by atoms with van der Waals surface area (Å²) < 4.78 is 10.8. The van der Waals surface area contributed by atoms with Gasteiger partial charge in [-0.3, -0.25) is 15.0 Å². The smallest absolute Gasteiger partial charge is 0.338 e. The first-order valence-corrected chi connectivity index (χ1v) is 10.2. The highest BCUT2D eigenvalue weighted by atomic mass is 16.5. The minimum absolute atomic E-state index is 0.0122. The van der Waals surface area contributed by atoms with E-state index in [9.17, 15) is 14.4 Å². The summed E-state index contributed by atoms with van der Waals surface area (Å²) in [5.41, 5.74) is 6.49. The molecule has 32 heavy (non-hydrogen) atoms. The topological polar surface area (TPSA) is 88.9 Å². The maximum absolute atomic E-state index is 12.8. The van der Waals surface area contributed by atoms with E-state index in [-0.39, 0.29) is 11.5 Å². The third-order valence-electron chi connectivity index (χ3n) is 5.23. The van der Waals surface area contributed by atoms with Crippen molar-refractivity contribution < 1.29 is 23.5 Å². The van der Waals surface area contributed by atoms with Gasteiger partial charge < -0.3 is 9.15 Å². The van der Waals surface area contributed by atoms with Gasteiger partial charge >= 0.3 is 5.97 Å². The Labute approximate surface area is 185 Å². The van der Waals surface area contributed by atoms with Crippen molar-refractivity contribution >= 4 is 29.5 Å². The van der Waals surface area contributed by atoms with Crippen molar-refractivity contribution in [3.05, 3.63) is 82.6 Å². The molecule has 162 valence electrons. The van der Waals surface area contributed by atoms with E-state index < -0.39 is 11.8 Å². The second-order valence-electron chi connectivity index (χ2n) is 7.41. The summed E-state index contributed by atoms with van der Waals surface area (Å²) in [5, 5.41) is 1.23. The molecule has 0 saturated carbocycles. The molecule has 1 saturated heterocycles. The molecule has 0 atom stereocenters. The van der Waals surface area contributed by atoms with E-state index in [1.54, 1.807) is 49.4 Å². The average Bonchev–Trinajstić information content (AvgIpc) is 3.36. The Morgan fingerprint density at radius 3 is 2.47 bits per heavy atom. The van der Waals surface area contributed by atoms with Gasteiger partial charge in [0.05, 0.1) is 17.9 Å². The van der Waals surface area contributed by atoms with Gasteiger partial charge in [-0.05, 0) is 74.4 Å². The van der Waals surface area contributed by atoms with Gasteiger partial charge in [0.15, 0.2) is 0 Å². The summed E-state index contributed by atoms with van der Waals surface area (Å²) in [6.45, 7) is 5.99. The normalized spacial score (nSPS) is 14.7. The number of hydrazine groups is 1. The third kappa shape index (κ3) is 4.05. The van der Waals surface area contributed by atoms with Crippen LogP contribution >= 0.6 is 0 Å².